The number of nitrogens with one attached hydrogen (secondary N) is 3. The number of aromatic nitrogens is 1. The van der Waals surface area contributed by atoms with E-state index in [1.165, 1.54) is 4.90 Å². The number of alkyl carbamates (subject to hydrolysis) is 1. The zero-order chi connectivity index (χ0) is 36.8. The van der Waals surface area contributed by atoms with Crippen LogP contribution in [-0.2, 0) is 35.6 Å². The minimum Gasteiger partial charge on any atom is -0.492 e. The number of allylic oxidation sites excluding steroid dienone is 1. The van der Waals surface area contributed by atoms with Gasteiger partial charge in [-0.25, -0.2) is 18.2 Å². The molecule has 52 heavy (non-hydrogen) atoms. The molecule has 14 nitrogen and oxygen atoms in total. The van der Waals surface area contributed by atoms with Crippen molar-refractivity contribution in [3.05, 3.63) is 42.0 Å². The van der Waals surface area contributed by atoms with Crippen molar-refractivity contribution < 1.29 is 41.8 Å². The molecule has 15 heteroatoms. The summed E-state index contributed by atoms with van der Waals surface area (Å²) in [6, 6.07) is 5.50. The summed E-state index contributed by atoms with van der Waals surface area (Å²) in [6.07, 6.45) is 7.45. The predicted molar refractivity (Wildman–Crippen MR) is 190 cm³/mol. The van der Waals surface area contributed by atoms with Crippen molar-refractivity contribution in [3.8, 4) is 11.6 Å². The van der Waals surface area contributed by atoms with Crippen LogP contribution in [0.2, 0.25) is 0 Å². The largest absolute Gasteiger partial charge is 0.492 e. The van der Waals surface area contributed by atoms with Gasteiger partial charge in [-0.1, -0.05) is 37.1 Å². The second-order valence-electron chi connectivity index (χ2n) is 15.5. The van der Waals surface area contributed by atoms with E-state index in [0.29, 0.717) is 62.3 Å². The molecule has 2 aliphatic carbocycles. The number of hydrogen-bond donors (Lipinski definition) is 3. The Hall–Kier alpha value is -4.40. The first-order valence-corrected chi connectivity index (χ1v) is 19.8. The SMILES string of the molecule is CC(C)(C)OC(=O)N[C@H]1CCCCCC=C[C@@H]2C[C@@]2(C(=O)NS(=O)(=O)C2CC2)NC(=O)[C@@H]2C[C@@H](Oc3nc4ccccc4c4c3CCO4)CN2C1=O. The fraction of sp³-hybridized carbons (Fsp3) is 0.595. The van der Waals surface area contributed by atoms with Gasteiger partial charge in [0.2, 0.25) is 27.7 Å². The Morgan fingerprint density at radius 3 is 2.65 bits per heavy atom. The molecule has 7 rings (SSSR count). The van der Waals surface area contributed by atoms with Gasteiger partial charge in [0.15, 0.2) is 0 Å². The fourth-order valence-electron chi connectivity index (χ4n) is 7.39. The lowest BCUT2D eigenvalue weighted by molar-refractivity contribution is -0.141. The van der Waals surface area contributed by atoms with Crippen LogP contribution in [0.25, 0.3) is 10.9 Å². The average molecular weight is 738 g/mol. The number of nitrogens with zero attached hydrogens (tertiary/aromatic N) is 2. The van der Waals surface area contributed by atoms with Gasteiger partial charge in [0.25, 0.3) is 5.91 Å². The third kappa shape index (κ3) is 7.55. The smallest absolute Gasteiger partial charge is 0.408 e. The van der Waals surface area contributed by atoms with Crippen molar-refractivity contribution >= 4 is 44.7 Å². The number of pyridine rings is 1. The Kier molecular flexibility index (Phi) is 9.59. The third-order valence-electron chi connectivity index (χ3n) is 10.3. The van der Waals surface area contributed by atoms with Crippen LogP contribution in [0.4, 0.5) is 4.79 Å². The van der Waals surface area contributed by atoms with Crippen LogP contribution < -0.4 is 24.8 Å². The number of sulfonamides is 1. The van der Waals surface area contributed by atoms with E-state index in [4.69, 9.17) is 19.2 Å². The second-order valence-corrected chi connectivity index (χ2v) is 17.5. The maximum absolute atomic E-state index is 14.5. The summed E-state index contributed by atoms with van der Waals surface area (Å²) in [4.78, 5) is 61.7. The van der Waals surface area contributed by atoms with E-state index in [2.05, 4.69) is 15.4 Å². The summed E-state index contributed by atoms with van der Waals surface area (Å²) in [7, 11) is -3.88. The van der Waals surface area contributed by atoms with Gasteiger partial charge >= 0.3 is 6.09 Å². The van der Waals surface area contributed by atoms with Gasteiger partial charge in [0.1, 0.15) is 35.1 Å². The van der Waals surface area contributed by atoms with Gasteiger partial charge in [-0.05, 0) is 71.4 Å². The van der Waals surface area contributed by atoms with Crippen LogP contribution in [0, 0.1) is 5.92 Å². The third-order valence-corrected chi connectivity index (χ3v) is 12.1. The Balaban J connectivity index is 1.20. The molecule has 0 bridgehead atoms. The van der Waals surface area contributed by atoms with Crippen molar-refractivity contribution in [2.75, 3.05) is 13.2 Å². The second kappa shape index (κ2) is 13.9. The molecule has 3 fully saturated rings. The molecule has 1 saturated heterocycles. The average Bonchev–Trinajstić information content (AvgIpc) is 3.95. The van der Waals surface area contributed by atoms with E-state index >= 15 is 0 Å². The molecule has 0 unspecified atom stereocenters. The molecule has 5 atom stereocenters. The van der Waals surface area contributed by atoms with Gasteiger partial charge < -0.3 is 29.7 Å². The summed E-state index contributed by atoms with van der Waals surface area (Å²) in [5.74, 6) is -1.22. The van der Waals surface area contributed by atoms with Crippen LogP contribution >= 0.6 is 0 Å². The summed E-state index contributed by atoms with van der Waals surface area (Å²) in [5.41, 5.74) is -0.796. The van der Waals surface area contributed by atoms with Gasteiger partial charge in [0.05, 0.1) is 29.5 Å². The molecule has 4 amide bonds. The highest BCUT2D eigenvalue weighted by Crippen LogP contribution is 2.46. The Morgan fingerprint density at radius 2 is 1.88 bits per heavy atom. The molecule has 2 aromatic rings. The molecule has 0 spiro atoms. The van der Waals surface area contributed by atoms with Crippen molar-refractivity contribution in [2.24, 2.45) is 5.92 Å². The summed E-state index contributed by atoms with van der Waals surface area (Å²) in [5, 5.41) is 5.88. The first-order valence-electron chi connectivity index (χ1n) is 18.3. The number of amides is 4. The topological polar surface area (TPSA) is 182 Å². The van der Waals surface area contributed by atoms with Crippen LogP contribution in [0.15, 0.2) is 36.4 Å². The van der Waals surface area contributed by atoms with Crippen LogP contribution in [0.3, 0.4) is 0 Å². The van der Waals surface area contributed by atoms with Gasteiger partial charge in [0, 0.05) is 24.1 Å². The van der Waals surface area contributed by atoms with Crippen LogP contribution in [-0.4, -0.2) is 89.8 Å². The van der Waals surface area contributed by atoms with Gasteiger partial charge in [-0.15, -0.1) is 0 Å². The molecule has 1 aromatic carbocycles. The summed E-state index contributed by atoms with van der Waals surface area (Å²) < 4.78 is 45.8. The lowest BCUT2D eigenvalue weighted by atomic mass is 10.0. The van der Waals surface area contributed by atoms with Crippen molar-refractivity contribution in [1.29, 1.82) is 0 Å². The number of carbonyl (C=O) groups is 4. The predicted octanol–water partition coefficient (Wildman–Crippen LogP) is 3.41. The number of ether oxygens (including phenoxy) is 3. The van der Waals surface area contributed by atoms with Crippen LogP contribution in [0.1, 0.15) is 84.1 Å². The molecule has 3 N–H and O–H groups in total. The minimum atomic E-state index is -3.88. The Morgan fingerprint density at radius 1 is 1.10 bits per heavy atom. The van der Waals surface area contributed by atoms with E-state index in [1.807, 2.05) is 36.4 Å². The van der Waals surface area contributed by atoms with E-state index < -0.39 is 74.3 Å². The van der Waals surface area contributed by atoms with Gasteiger partial charge in [-0.3, -0.25) is 19.1 Å². The molecule has 2 saturated carbocycles. The number of hydrogen-bond acceptors (Lipinski definition) is 10. The highest BCUT2D eigenvalue weighted by molar-refractivity contribution is 7.91. The Labute approximate surface area is 303 Å². The van der Waals surface area contributed by atoms with E-state index in [-0.39, 0.29) is 19.4 Å². The molecule has 3 aliphatic heterocycles. The highest BCUT2D eigenvalue weighted by Gasteiger charge is 2.62. The highest BCUT2D eigenvalue weighted by atomic mass is 32.2. The lowest BCUT2D eigenvalue weighted by Crippen LogP contribution is -2.58. The standard InChI is InChI=1S/C37H47N5O9S/c1-36(2,3)51-35(46)39-28-14-8-6-4-5-7-11-22-20-37(22,34(45)41-52(47,48)24-15-16-24)40-31(43)29-19-23(21-42(29)33(28)44)50-32-26-17-18-49-30(26)25-12-9-10-13-27(25)38-32/h7,9-13,22-24,28-29H,4-6,8,14-21H2,1-3H3,(H,39,46)(H,40,43)(H,41,45)/t22-,23-,28+,29+,37-/m1/s1. The monoisotopic (exact) mass is 737 g/mol. The quantitative estimate of drug-likeness (QED) is 0.372. The van der Waals surface area contributed by atoms with E-state index in [1.54, 1.807) is 20.8 Å². The van der Waals surface area contributed by atoms with Crippen molar-refractivity contribution in [3.63, 3.8) is 0 Å². The fourth-order valence-corrected chi connectivity index (χ4v) is 8.76. The molecule has 280 valence electrons. The molecule has 4 heterocycles. The number of benzene rings is 1. The minimum absolute atomic E-state index is 0.00609. The van der Waals surface area contributed by atoms with Gasteiger partial charge in [-0.2, -0.15) is 0 Å². The van der Waals surface area contributed by atoms with Crippen molar-refractivity contribution in [2.45, 2.75) is 120 Å². The molecular formula is C37H47N5O9S. The Bertz CT molecular complexity index is 1910. The maximum Gasteiger partial charge on any atom is 0.408 e. The van der Waals surface area contributed by atoms with E-state index in [9.17, 15) is 27.6 Å². The normalized spacial score (nSPS) is 27.9. The molecular weight excluding hydrogens is 690 g/mol. The number of para-hydroxylation sites is 1. The van der Waals surface area contributed by atoms with E-state index in [0.717, 1.165) is 23.8 Å². The van der Waals surface area contributed by atoms with Crippen LogP contribution in [0.5, 0.6) is 11.6 Å². The molecule has 1 aromatic heterocycles. The maximum atomic E-state index is 14.5. The number of rotatable bonds is 6. The summed E-state index contributed by atoms with van der Waals surface area (Å²) in [6.45, 7) is 5.67. The number of carbonyl (C=O) groups excluding carboxylic acids is 4. The lowest BCUT2D eigenvalue weighted by Gasteiger charge is -2.30. The molecule has 5 aliphatic rings. The zero-order valence-electron chi connectivity index (χ0n) is 29.8. The zero-order valence-corrected chi connectivity index (χ0v) is 30.6. The number of fused-ring (bicyclic) bond motifs is 5. The first kappa shape index (κ1) is 36.0. The first-order chi connectivity index (χ1) is 24.7. The summed E-state index contributed by atoms with van der Waals surface area (Å²) >= 11 is 0. The molecule has 0 radical (unpaired) electrons. The van der Waals surface area contributed by atoms with Crippen molar-refractivity contribution in [1.82, 2.24) is 25.2 Å².